The molecule has 1 aromatic heterocycles. The smallest absolute Gasteiger partial charge is 0.0715 e. The number of aliphatic imine (C=N–C) groups is 1. The minimum Gasteiger partial charge on any atom is -0.354 e. The Bertz CT molecular complexity index is 1910. The Morgan fingerprint density at radius 2 is 1.03 bits per heavy atom. The van der Waals surface area contributed by atoms with Gasteiger partial charge in [-0.2, -0.15) is 0 Å². The van der Waals surface area contributed by atoms with E-state index in [9.17, 15) is 0 Å². The number of benzene rings is 6. The van der Waals surface area contributed by atoms with E-state index in [1.807, 2.05) is 6.21 Å². The number of aromatic nitrogens is 1. The molecule has 164 valence electrons. The standard InChI is InChI=1S/C33H22N2/c1-3-11-25-22(9-1)19-31(29-15-6-5-13-27(25)29)32-18-17-24(35-32)21-34-33-20-23-10-2-4-12-26(23)28-14-7-8-16-30(28)33/h1-21,35H. The van der Waals surface area contributed by atoms with Crippen LogP contribution in [0.2, 0.25) is 0 Å². The molecule has 0 bridgehead atoms. The van der Waals surface area contributed by atoms with Gasteiger partial charge in [0.2, 0.25) is 0 Å². The Morgan fingerprint density at radius 3 is 1.74 bits per heavy atom. The maximum atomic E-state index is 4.92. The second-order valence-electron chi connectivity index (χ2n) is 8.94. The second kappa shape index (κ2) is 7.96. The summed E-state index contributed by atoms with van der Waals surface area (Å²) in [5, 5.41) is 9.89. The lowest BCUT2D eigenvalue weighted by atomic mass is 9.96. The van der Waals surface area contributed by atoms with Gasteiger partial charge in [0.25, 0.3) is 0 Å². The molecule has 0 fully saturated rings. The highest BCUT2D eigenvalue weighted by atomic mass is 14.8. The third-order valence-electron chi connectivity index (χ3n) is 6.86. The molecule has 7 rings (SSSR count). The number of nitrogens with one attached hydrogen (secondary N) is 1. The number of H-pyrrole nitrogens is 1. The zero-order chi connectivity index (χ0) is 23.2. The molecule has 1 heterocycles. The van der Waals surface area contributed by atoms with Gasteiger partial charge in [0.1, 0.15) is 0 Å². The largest absolute Gasteiger partial charge is 0.354 e. The molecule has 0 saturated carbocycles. The van der Waals surface area contributed by atoms with E-state index in [1.54, 1.807) is 0 Å². The van der Waals surface area contributed by atoms with Crippen molar-refractivity contribution in [3.05, 3.63) is 127 Å². The summed E-state index contributed by atoms with van der Waals surface area (Å²) in [7, 11) is 0. The first kappa shape index (κ1) is 19.7. The maximum absolute atomic E-state index is 4.92. The van der Waals surface area contributed by atoms with Gasteiger partial charge in [-0.05, 0) is 62.0 Å². The van der Waals surface area contributed by atoms with E-state index in [-0.39, 0.29) is 0 Å². The molecule has 0 aliphatic rings. The van der Waals surface area contributed by atoms with E-state index in [0.29, 0.717) is 0 Å². The van der Waals surface area contributed by atoms with Gasteiger partial charge in [0.05, 0.1) is 17.6 Å². The van der Waals surface area contributed by atoms with Crippen LogP contribution in [0.15, 0.2) is 126 Å². The van der Waals surface area contributed by atoms with Crippen LogP contribution in [0.25, 0.3) is 54.3 Å². The van der Waals surface area contributed by atoms with Crippen LogP contribution < -0.4 is 0 Å². The van der Waals surface area contributed by atoms with Crippen LogP contribution in [0.3, 0.4) is 0 Å². The molecule has 0 amide bonds. The Hall–Kier alpha value is -4.69. The Morgan fingerprint density at radius 1 is 0.486 bits per heavy atom. The van der Waals surface area contributed by atoms with Crippen LogP contribution in [0.4, 0.5) is 5.69 Å². The van der Waals surface area contributed by atoms with Crippen LogP contribution in [-0.2, 0) is 0 Å². The number of nitrogens with zero attached hydrogens (tertiary/aromatic N) is 1. The first-order valence-electron chi connectivity index (χ1n) is 11.9. The van der Waals surface area contributed by atoms with Crippen LogP contribution in [-0.4, -0.2) is 11.2 Å². The van der Waals surface area contributed by atoms with Crippen molar-refractivity contribution >= 4 is 55.0 Å². The fourth-order valence-corrected chi connectivity index (χ4v) is 5.20. The summed E-state index contributed by atoms with van der Waals surface area (Å²) in [6, 6.07) is 42.9. The molecule has 0 spiro atoms. The summed E-state index contributed by atoms with van der Waals surface area (Å²) >= 11 is 0. The van der Waals surface area contributed by atoms with Crippen LogP contribution in [0, 0.1) is 0 Å². The lowest BCUT2D eigenvalue weighted by Crippen LogP contribution is -1.86. The predicted octanol–water partition coefficient (Wildman–Crippen LogP) is 9.05. The van der Waals surface area contributed by atoms with E-state index >= 15 is 0 Å². The van der Waals surface area contributed by atoms with E-state index in [0.717, 1.165) is 22.5 Å². The molecule has 0 saturated heterocycles. The van der Waals surface area contributed by atoms with Gasteiger partial charge in [-0.15, -0.1) is 0 Å². The average Bonchev–Trinajstić information content (AvgIpc) is 3.40. The van der Waals surface area contributed by atoms with Gasteiger partial charge in [-0.3, -0.25) is 4.99 Å². The van der Waals surface area contributed by atoms with Crippen molar-refractivity contribution < 1.29 is 0 Å². The summed E-state index contributed by atoms with van der Waals surface area (Å²) in [6.45, 7) is 0. The molecule has 2 heteroatoms. The molecule has 0 unspecified atom stereocenters. The van der Waals surface area contributed by atoms with Crippen molar-refractivity contribution in [1.29, 1.82) is 0 Å². The van der Waals surface area contributed by atoms with Crippen LogP contribution in [0.5, 0.6) is 0 Å². The molecular weight excluding hydrogens is 424 g/mol. The quantitative estimate of drug-likeness (QED) is 0.207. The van der Waals surface area contributed by atoms with Crippen molar-refractivity contribution in [1.82, 2.24) is 4.98 Å². The number of fused-ring (bicyclic) bond motifs is 6. The van der Waals surface area contributed by atoms with E-state index in [1.165, 1.54) is 43.3 Å². The summed E-state index contributed by atoms with van der Waals surface area (Å²) in [4.78, 5) is 8.51. The molecule has 6 aromatic carbocycles. The third kappa shape index (κ3) is 3.31. The van der Waals surface area contributed by atoms with Crippen LogP contribution in [0.1, 0.15) is 5.69 Å². The number of hydrogen-bond donors (Lipinski definition) is 1. The zero-order valence-corrected chi connectivity index (χ0v) is 19.1. The highest BCUT2D eigenvalue weighted by Crippen LogP contribution is 2.35. The first-order valence-corrected chi connectivity index (χ1v) is 11.9. The number of aromatic amines is 1. The molecule has 0 radical (unpaired) electrons. The minimum atomic E-state index is 0.978. The Kier molecular flexibility index (Phi) is 4.49. The summed E-state index contributed by atoms with van der Waals surface area (Å²) in [6.07, 6.45) is 1.93. The molecule has 7 aromatic rings. The molecule has 0 aliphatic heterocycles. The van der Waals surface area contributed by atoms with Crippen molar-refractivity contribution in [3.8, 4) is 11.3 Å². The Balaban J connectivity index is 1.33. The zero-order valence-electron chi connectivity index (χ0n) is 19.1. The number of hydrogen-bond acceptors (Lipinski definition) is 1. The lowest BCUT2D eigenvalue weighted by molar-refractivity contribution is 1.38. The third-order valence-corrected chi connectivity index (χ3v) is 6.86. The Labute approximate surface area is 203 Å². The van der Waals surface area contributed by atoms with Gasteiger partial charge in [0.15, 0.2) is 0 Å². The van der Waals surface area contributed by atoms with Gasteiger partial charge < -0.3 is 4.98 Å². The highest BCUT2D eigenvalue weighted by molar-refractivity contribution is 6.14. The van der Waals surface area contributed by atoms with Crippen molar-refractivity contribution in [2.45, 2.75) is 0 Å². The van der Waals surface area contributed by atoms with Gasteiger partial charge >= 0.3 is 0 Å². The first-order chi connectivity index (χ1) is 17.3. The monoisotopic (exact) mass is 446 g/mol. The molecule has 0 atom stereocenters. The van der Waals surface area contributed by atoms with E-state index in [4.69, 9.17) is 4.99 Å². The predicted molar refractivity (Wildman–Crippen MR) is 150 cm³/mol. The van der Waals surface area contributed by atoms with Gasteiger partial charge in [0, 0.05) is 16.6 Å². The SMILES string of the molecule is C(=Nc1cc2ccccc2c2ccccc12)c1ccc(-c2cc3ccccc3c3ccccc23)[nH]1. The molecule has 0 aliphatic carbocycles. The molecule has 2 nitrogen and oxygen atoms in total. The fraction of sp³-hybridized carbons (Fsp3) is 0. The molecule has 35 heavy (non-hydrogen) atoms. The molecular formula is C33H22N2. The lowest BCUT2D eigenvalue weighted by Gasteiger charge is -2.09. The topological polar surface area (TPSA) is 28.1 Å². The maximum Gasteiger partial charge on any atom is 0.0715 e. The normalized spacial score (nSPS) is 11.9. The van der Waals surface area contributed by atoms with E-state index in [2.05, 4.69) is 126 Å². The summed E-state index contributed by atoms with van der Waals surface area (Å²) in [5.41, 5.74) is 4.26. The van der Waals surface area contributed by atoms with Gasteiger partial charge in [-0.25, -0.2) is 0 Å². The average molecular weight is 447 g/mol. The highest BCUT2D eigenvalue weighted by Gasteiger charge is 2.10. The fourth-order valence-electron chi connectivity index (χ4n) is 5.20. The van der Waals surface area contributed by atoms with Gasteiger partial charge in [-0.1, -0.05) is 97.1 Å². The van der Waals surface area contributed by atoms with E-state index < -0.39 is 0 Å². The molecule has 1 N–H and O–H groups in total. The minimum absolute atomic E-state index is 0.978. The van der Waals surface area contributed by atoms with Crippen molar-refractivity contribution in [3.63, 3.8) is 0 Å². The summed E-state index contributed by atoms with van der Waals surface area (Å²) in [5.74, 6) is 0. The van der Waals surface area contributed by atoms with Crippen molar-refractivity contribution in [2.24, 2.45) is 4.99 Å². The number of rotatable bonds is 3. The summed E-state index contributed by atoms with van der Waals surface area (Å²) < 4.78 is 0. The van der Waals surface area contributed by atoms with Crippen molar-refractivity contribution in [2.75, 3.05) is 0 Å². The van der Waals surface area contributed by atoms with Crippen LogP contribution >= 0.6 is 0 Å². The second-order valence-corrected chi connectivity index (χ2v) is 8.94.